The highest BCUT2D eigenvalue weighted by molar-refractivity contribution is 6.48. The summed E-state index contributed by atoms with van der Waals surface area (Å²) >= 11 is 0. The van der Waals surface area contributed by atoms with Crippen LogP contribution in [0.2, 0.25) is 0 Å². The first kappa shape index (κ1) is 15.9. The molecule has 1 fully saturated rings. The van der Waals surface area contributed by atoms with Crippen LogP contribution < -0.4 is 9.64 Å². The second kappa shape index (κ2) is 6.28. The minimum atomic E-state index is -0.984. The number of nitrogens with zero attached hydrogens (tertiary/aromatic N) is 1. The Morgan fingerprint density at radius 2 is 1.62 bits per heavy atom. The molecular formula is C19H17NO4. The number of anilines is 1. The molecule has 0 saturated carbocycles. The lowest BCUT2D eigenvalue weighted by Crippen LogP contribution is -2.30. The highest BCUT2D eigenvalue weighted by Crippen LogP contribution is 2.40. The first-order chi connectivity index (χ1) is 11.5. The minimum Gasteiger partial charge on any atom is -0.497 e. The highest BCUT2D eigenvalue weighted by Gasteiger charge is 2.50. The van der Waals surface area contributed by atoms with Crippen molar-refractivity contribution in [3.05, 3.63) is 60.2 Å². The molecule has 1 aliphatic heterocycles. The molecule has 2 atom stereocenters. The van der Waals surface area contributed by atoms with Crippen LogP contribution in [-0.2, 0) is 14.4 Å². The van der Waals surface area contributed by atoms with Gasteiger partial charge in [-0.25, -0.2) is 0 Å². The van der Waals surface area contributed by atoms with Crippen LogP contribution in [-0.4, -0.2) is 24.6 Å². The van der Waals surface area contributed by atoms with Gasteiger partial charge in [0.2, 0.25) is 5.78 Å². The van der Waals surface area contributed by atoms with E-state index < -0.39 is 23.7 Å². The zero-order valence-electron chi connectivity index (χ0n) is 13.4. The molecule has 5 heteroatoms. The summed E-state index contributed by atoms with van der Waals surface area (Å²) in [5, 5.41) is 0. The van der Waals surface area contributed by atoms with Crippen LogP contribution in [0.1, 0.15) is 18.5 Å². The van der Waals surface area contributed by atoms with Crippen LogP contribution in [0.4, 0.5) is 5.69 Å². The van der Waals surface area contributed by atoms with Gasteiger partial charge in [-0.3, -0.25) is 19.3 Å². The quantitative estimate of drug-likeness (QED) is 0.641. The van der Waals surface area contributed by atoms with Crippen molar-refractivity contribution in [1.29, 1.82) is 0 Å². The Kier molecular flexibility index (Phi) is 4.16. The Bertz CT molecular complexity index is 783. The fourth-order valence-corrected chi connectivity index (χ4v) is 3.09. The van der Waals surface area contributed by atoms with Crippen molar-refractivity contribution in [1.82, 2.24) is 0 Å². The number of rotatable bonds is 4. The van der Waals surface area contributed by atoms with E-state index in [0.29, 0.717) is 11.4 Å². The van der Waals surface area contributed by atoms with Gasteiger partial charge in [-0.1, -0.05) is 30.3 Å². The summed E-state index contributed by atoms with van der Waals surface area (Å²) in [5.74, 6) is -1.96. The molecule has 1 heterocycles. The first-order valence-corrected chi connectivity index (χ1v) is 7.61. The summed E-state index contributed by atoms with van der Waals surface area (Å²) in [6, 6.07) is 15.4. The summed E-state index contributed by atoms with van der Waals surface area (Å²) < 4.78 is 5.13. The predicted molar refractivity (Wildman–Crippen MR) is 88.8 cm³/mol. The van der Waals surface area contributed by atoms with E-state index in [1.54, 1.807) is 31.4 Å². The monoisotopic (exact) mass is 323 g/mol. The number of ketones is 2. The van der Waals surface area contributed by atoms with E-state index >= 15 is 0 Å². The van der Waals surface area contributed by atoms with E-state index in [4.69, 9.17) is 4.74 Å². The van der Waals surface area contributed by atoms with Gasteiger partial charge >= 0.3 is 0 Å². The number of benzene rings is 2. The molecule has 5 nitrogen and oxygen atoms in total. The Morgan fingerprint density at radius 3 is 2.17 bits per heavy atom. The zero-order chi connectivity index (χ0) is 17.3. The van der Waals surface area contributed by atoms with E-state index in [0.717, 1.165) is 5.56 Å². The molecule has 1 saturated heterocycles. The van der Waals surface area contributed by atoms with Crippen LogP contribution in [0.25, 0.3) is 0 Å². The Morgan fingerprint density at radius 1 is 1.00 bits per heavy atom. The van der Waals surface area contributed by atoms with Gasteiger partial charge in [0.25, 0.3) is 5.91 Å². The van der Waals surface area contributed by atoms with Crippen LogP contribution in [0.3, 0.4) is 0 Å². The number of carbonyl (C=O) groups is 3. The lowest BCUT2D eigenvalue weighted by atomic mass is 9.90. The number of ether oxygens (including phenoxy) is 1. The SMILES string of the molecule is COc1ccc(N2C(=O)C(=O)C(C(C)=O)C2c2ccccc2)cc1. The van der Waals surface area contributed by atoms with Gasteiger partial charge in [0, 0.05) is 5.69 Å². The van der Waals surface area contributed by atoms with Gasteiger partial charge in [0.1, 0.15) is 17.5 Å². The van der Waals surface area contributed by atoms with Gasteiger partial charge in [-0.2, -0.15) is 0 Å². The van der Waals surface area contributed by atoms with E-state index in [-0.39, 0.29) is 5.78 Å². The van der Waals surface area contributed by atoms with Gasteiger partial charge in [0.15, 0.2) is 0 Å². The third-order valence-corrected chi connectivity index (χ3v) is 4.24. The first-order valence-electron chi connectivity index (χ1n) is 7.61. The molecule has 2 unspecified atom stereocenters. The lowest BCUT2D eigenvalue weighted by Gasteiger charge is -2.27. The van der Waals surface area contributed by atoms with Crippen molar-refractivity contribution in [3.8, 4) is 5.75 Å². The number of hydrogen-bond donors (Lipinski definition) is 0. The van der Waals surface area contributed by atoms with Crippen LogP contribution >= 0.6 is 0 Å². The summed E-state index contributed by atoms with van der Waals surface area (Å²) in [6.07, 6.45) is 0. The van der Waals surface area contributed by atoms with Gasteiger partial charge in [-0.15, -0.1) is 0 Å². The second-order valence-corrected chi connectivity index (χ2v) is 5.68. The number of amides is 1. The van der Waals surface area contributed by atoms with Gasteiger partial charge in [0.05, 0.1) is 13.2 Å². The Labute approximate surface area is 139 Å². The molecule has 2 aromatic rings. The second-order valence-electron chi connectivity index (χ2n) is 5.68. The normalized spacial score (nSPS) is 20.3. The third-order valence-electron chi connectivity index (χ3n) is 4.24. The van der Waals surface area contributed by atoms with Crippen molar-refractivity contribution in [2.45, 2.75) is 13.0 Å². The maximum absolute atomic E-state index is 12.6. The number of carbonyl (C=O) groups excluding carboxylic acids is 3. The van der Waals surface area contributed by atoms with Crippen molar-refractivity contribution in [3.63, 3.8) is 0 Å². The highest BCUT2D eigenvalue weighted by atomic mass is 16.5. The smallest absolute Gasteiger partial charge is 0.295 e. The predicted octanol–water partition coefficient (Wildman–Crippen LogP) is 2.56. The zero-order valence-corrected chi connectivity index (χ0v) is 13.4. The summed E-state index contributed by atoms with van der Waals surface area (Å²) in [6.45, 7) is 1.35. The Hall–Kier alpha value is -2.95. The third kappa shape index (κ3) is 2.58. The topological polar surface area (TPSA) is 63.7 Å². The van der Waals surface area contributed by atoms with Crippen LogP contribution in [0.15, 0.2) is 54.6 Å². The molecule has 0 N–H and O–H groups in total. The molecule has 1 aliphatic rings. The molecule has 122 valence electrons. The number of methoxy groups -OCH3 is 1. The summed E-state index contributed by atoms with van der Waals surface area (Å²) in [4.78, 5) is 38.4. The molecular weight excluding hydrogens is 306 g/mol. The largest absolute Gasteiger partial charge is 0.497 e. The van der Waals surface area contributed by atoms with Gasteiger partial charge in [-0.05, 0) is 36.8 Å². The maximum atomic E-state index is 12.6. The minimum absolute atomic E-state index is 0.307. The molecule has 0 spiro atoms. The van der Waals surface area contributed by atoms with E-state index in [2.05, 4.69) is 0 Å². The maximum Gasteiger partial charge on any atom is 0.295 e. The fraction of sp³-hybridized carbons (Fsp3) is 0.211. The van der Waals surface area contributed by atoms with Crippen molar-refractivity contribution < 1.29 is 19.1 Å². The van der Waals surface area contributed by atoms with E-state index in [1.807, 2.05) is 30.3 Å². The summed E-state index contributed by atoms with van der Waals surface area (Å²) in [5.41, 5.74) is 1.32. The van der Waals surface area contributed by atoms with Crippen molar-refractivity contribution in [2.24, 2.45) is 5.92 Å². The van der Waals surface area contributed by atoms with Gasteiger partial charge < -0.3 is 4.74 Å². The fourth-order valence-electron chi connectivity index (χ4n) is 3.09. The molecule has 0 aromatic heterocycles. The average molecular weight is 323 g/mol. The average Bonchev–Trinajstić information content (AvgIpc) is 2.87. The number of Topliss-reactive ketones (excluding diaryl/α,β-unsaturated/α-hetero) is 2. The molecule has 1 amide bonds. The molecule has 3 rings (SSSR count). The molecule has 2 aromatic carbocycles. The van der Waals surface area contributed by atoms with Crippen LogP contribution in [0.5, 0.6) is 5.75 Å². The van der Waals surface area contributed by atoms with Crippen molar-refractivity contribution in [2.75, 3.05) is 12.0 Å². The van der Waals surface area contributed by atoms with Crippen LogP contribution in [0, 0.1) is 5.92 Å². The summed E-state index contributed by atoms with van der Waals surface area (Å²) in [7, 11) is 1.55. The molecule has 0 radical (unpaired) electrons. The van der Waals surface area contributed by atoms with E-state index in [1.165, 1.54) is 11.8 Å². The lowest BCUT2D eigenvalue weighted by molar-refractivity contribution is -0.138. The van der Waals surface area contributed by atoms with Crippen molar-refractivity contribution >= 4 is 23.2 Å². The Balaban J connectivity index is 2.11. The molecule has 0 bridgehead atoms. The number of hydrogen-bond acceptors (Lipinski definition) is 4. The molecule has 24 heavy (non-hydrogen) atoms. The van der Waals surface area contributed by atoms with E-state index in [9.17, 15) is 14.4 Å². The standard InChI is InChI=1S/C19H17NO4/c1-12(21)16-17(13-6-4-3-5-7-13)20(19(23)18(16)22)14-8-10-15(24-2)11-9-14/h3-11,16-17H,1-2H3. The molecule has 0 aliphatic carbocycles.